The molecule has 0 N–H and O–H groups in total. The predicted molar refractivity (Wildman–Crippen MR) is 203 cm³/mol. The van der Waals surface area contributed by atoms with Gasteiger partial charge in [0.1, 0.15) is 17.3 Å². The van der Waals surface area contributed by atoms with Gasteiger partial charge < -0.3 is 4.74 Å². The average Bonchev–Trinajstić information content (AvgIpc) is 3.68. The molecule has 0 amide bonds. The van der Waals surface area contributed by atoms with Crippen molar-refractivity contribution < 1.29 is 12.0 Å². The second kappa shape index (κ2) is 12.3. The molecule has 254 valence electrons. The van der Waals surface area contributed by atoms with Gasteiger partial charge in [0.15, 0.2) is 0 Å². The van der Waals surface area contributed by atoms with Crippen LogP contribution in [-0.4, -0.2) is 19.1 Å². The Labute approximate surface area is 298 Å². The summed E-state index contributed by atoms with van der Waals surface area (Å²) in [5.41, 5.74) is 5.72. The quantitative estimate of drug-likeness (QED) is 0.131. The van der Waals surface area contributed by atoms with Crippen molar-refractivity contribution in [1.82, 2.24) is 19.1 Å². The van der Waals surface area contributed by atoms with Crippen LogP contribution in [0.1, 0.15) is 81.9 Å². The third-order valence-corrected chi connectivity index (χ3v) is 8.87. The average molecular weight is 664 g/mol. The second-order valence-corrected chi connectivity index (χ2v) is 16.2. The minimum absolute atomic E-state index is 0.0219. The summed E-state index contributed by atoms with van der Waals surface area (Å²) in [4.78, 5) is 9.35. The first kappa shape index (κ1) is 30.8. The van der Waals surface area contributed by atoms with Crippen LogP contribution in [0.2, 0.25) is 0 Å². The van der Waals surface area contributed by atoms with E-state index in [-0.39, 0.29) is 10.8 Å². The van der Waals surface area contributed by atoms with Crippen LogP contribution < -0.4 is 9.30 Å². The van der Waals surface area contributed by atoms with Gasteiger partial charge >= 0.3 is 0 Å². The summed E-state index contributed by atoms with van der Waals surface area (Å²) in [6.45, 7) is 18.9. The maximum absolute atomic E-state index is 9.25. The SMILES string of the molecule is [2H]C([2H])(c1cn(-c2cncc(Oc3ccc4c5ccccc5n(-c5cc(C(C)(C)C)ccn5)c4c3)c2)[c-][n+]1-c1cccc(C(C)(C)C)c1)C(C)(C)C. The zero-order chi connectivity index (χ0) is 37.2. The number of imidazole rings is 1. The lowest BCUT2D eigenvalue weighted by molar-refractivity contribution is -0.608. The Morgan fingerprint density at radius 1 is 0.740 bits per heavy atom. The monoisotopic (exact) mass is 663 g/mol. The smallest absolute Gasteiger partial charge is 0.269 e. The maximum Gasteiger partial charge on any atom is 0.269 e. The van der Waals surface area contributed by atoms with Gasteiger partial charge in [0, 0.05) is 38.2 Å². The van der Waals surface area contributed by atoms with Crippen LogP contribution >= 0.6 is 0 Å². The number of rotatable bonds is 6. The molecule has 0 atom stereocenters. The largest absolute Gasteiger partial charge is 0.456 e. The number of para-hydroxylation sites is 1. The van der Waals surface area contributed by atoms with Gasteiger partial charge in [-0.25, -0.2) is 4.98 Å². The van der Waals surface area contributed by atoms with Gasteiger partial charge in [0.2, 0.25) is 0 Å². The van der Waals surface area contributed by atoms with Crippen molar-refractivity contribution in [3.05, 3.63) is 133 Å². The molecule has 0 aliphatic heterocycles. The molecule has 4 heterocycles. The molecule has 0 saturated carbocycles. The molecule has 0 aliphatic rings. The van der Waals surface area contributed by atoms with E-state index in [1.165, 1.54) is 5.56 Å². The number of ether oxygens (including phenoxy) is 1. The first-order chi connectivity index (χ1) is 24.4. The number of pyridine rings is 2. The highest BCUT2D eigenvalue weighted by atomic mass is 16.5. The lowest BCUT2D eigenvalue weighted by Crippen LogP contribution is -2.35. The zero-order valence-corrected chi connectivity index (χ0v) is 30.5. The molecule has 50 heavy (non-hydrogen) atoms. The fourth-order valence-electron chi connectivity index (χ4n) is 6.28. The van der Waals surface area contributed by atoms with E-state index < -0.39 is 11.8 Å². The number of fused-ring (bicyclic) bond motifs is 3. The molecular formula is C44H47N5O. The molecule has 0 bridgehead atoms. The van der Waals surface area contributed by atoms with Gasteiger partial charge in [0.25, 0.3) is 6.33 Å². The summed E-state index contributed by atoms with van der Waals surface area (Å²) in [5, 5.41) is 2.26. The lowest BCUT2D eigenvalue weighted by Gasteiger charge is -2.22. The highest BCUT2D eigenvalue weighted by molar-refractivity contribution is 6.09. The minimum atomic E-state index is -1.68. The Morgan fingerprint density at radius 2 is 1.48 bits per heavy atom. The van der Waals surface area contributed by atoms with E-state index in [1.807, 2.05) is 62.0 Å². The Bertz CT molecular complexity index is 2440. The summed E-state index contributed by atoms with van der Waals surface area (Å²) in [5.74, 6) is 2.07. The van der Waals surface area contributed by atoms with E-state index in [9.17, 15) is 2.74 Å². The van der Waals surface area contributed by atoms with Crippen LogP contribution in [0.3, 0.4) is 0 Å². The van der Waals surface area contributed by atoms with Crippen LogP contribution in [0.4, 0.5) is 0 Å². The summed E-state index contributed by atoms with van der Waals surface area (Å²) >= 11 is 0. The van der Waals surface area contributed by atoms with E-state index in [0.29, 0.717) is 22.9 Å². The third-order valence-electron chi connectivity index (χ3n) is 8.87. The molecule has 0 spiro atoms. The fraction of sp³-hybridized carbons (Fsp3) is 0.295. The van der Waals surface area contributed by atoms with Crippen molar-refractivity contribution >= 4 is 21.8 Å². The van der Waals surface area contributed by atoms with E-state index in [2.05, 4.69) is 118 Å². The molecule has 0 fully saturated rings. The number of hydrogen-bond acceptors (Lipinski definition) is 3. The van der Waals surface area contributed by atoms with Gasteiger partial charge in [-0.3, -0.25) is 18.7 Å². The summed E-state index contributed by atoms with van der Waals surface area (Å²) in [7, 11) is 0. The highest BCUT2D eigenvalue weighted by Crippen LogP contribution is 2.36. The number of benzene rings is 3. The van der Waals surface area contributed by atoms with Crippen LogP contribution in [0.25, 0.3) is 39.0 Å². The molecule has 4 aromatic heterocycles. The summed E-state index contributed by atoms with van der Waals surface area (Å²) in [6.07, 6.45) is 8.89. The van der Waals surface area contributed by atoms with Crippen molar-refractivity contribution in [2.24, 2.45) is 5.41 Å². The van der Waals surface area contributed by atoms with Crippen LogP contribution in [0.15, 0.2) is 110 Å². The Morgan fingerprint density at radius 3 is 2.24 bits per heavy atom. The topological polar surface area (TPSA) is 48.8 Å². The van der Waals surface area contributed by atoms with Crippen molar-refractivity contribution in [1.29, 1.82) is 0 Å². The van der Waals surface area contributed by atoms with E-state index in [1.54, 1.807) is 17.0 Å². The van der Waals surface area contributed by atoms with Crippen LogP contribution in [0, 0.1) is 11.7 Å². The molecule has 3 aromatic carbocycles. The zero-order valence-electron chi connectivity index (χ0n) is 32.5. The van der Waals surface area contributed by atoms with E-state index in [0.717, 1.165) is 38.9 Å². The van der Waals surface area contributed by atoms with Gasteiger partial charge in [-0.05, 0) is 82.3 Å². The predicted octanol–water partition coefficient (Wildman–Crippen LogP) is 10.4. The second-order valence-electron chi connectivity index (χ2n) is 16.2. The molecule has 0 aliphatic carbocycles. The van der Waals surface area contributed by atoms with E-state index in [4.69, 9.17) is 9.72 Å². The Balaban J connectivity index is 1.30. The molecule has 6 heteroatoms. The van der Waals surface area contributed by atoms with E-state index >= 15 is 0 Å². The number of nitrogens with zero attached hydrogens (tertiary/aromatic N) is 5. The maximum atomic E-state index is 9.25. The standard InChI is InChI=1S/C44H47N5O/c1-42(2,3)25-34-28-47(29-48(34)32-14-12-13-30(21-32)43(4,5)6)33-23-36(27-45-26-33)50-35-17-18-38-37-15-10-11-16-39(37)49(40(38)24-35)41-22-31(19-20-46-41)44(7,8)9/h10-24,26-28H,25H2,1-9H3/i25D2. The van der Waals surface area contributed by atoms with Gasteiger partial charge in [-0.15, -0.1) is 0 Å². The Kier molecular flexibility index (Phi) is 7.56. The molecule has 0 unspecified atom stereocenters. The van der Waals surface area contributed by atoms with Gasteiger partial charge in [0.05, 0.1) is 34.3 Å². The molecule has 0 radical (unpaired) electrons. The fourth-order valence-corrected chi connectivity index (χ4v) is 6.28. The van der Waals surface area contributed by atoms with Gasteiger partial charge in [-0.1, -0.05) is 92.6 Å². The first-order valence-electron chi connectivity index (χ1n) is 18.2. The normalized spacial score (nSPS) is 13.5. The first-order valence-corrected chi connectivity index (χ1v) is 17.2. The molecule has 7 aromatic rings. The van der Waals surface area contributed by atoms with Crippen LogP contribution in [-0.2, 0) is 17.2 Å². The number of hydrogen-bond donors (Lipinski definition) is 0. The summed E-state index contributed by atoms with van der Waals surface area (Å²) in [6, 6.07) is 28.9. The highest BCUT2D eigenvalue weighted by Gasteiger charge is 2.21. The molecule has 7 rings (SSSR count). The Hall–Kier alpha value is -5.23. The van der Waals surface area contributed by atoms with Gasteiger partial charge in [-0.2, -0.15) is 0 Å². The van der Waals surface area contributed by atoms with Crippen molar-refractivity contribution in [3.63, 3.8) is 0 Å². The lowest BCUT2D eigenvalue weighted by atomic mass is 9.87. The van der Waals surface area contributed by atoms with Crippen molar-refractivity contribution in [2.45, 2.75) is 79.5 Å². The molecule has 0 saturated heterocycles. The molecule has 6 nitrogen and oxygen atoms in total. The van der Waals surface area contributed by atoms with Crippen molar-refractivity contribution in [3.8, 4) is 28.7 Å². The summed E-state index contributed by atoms with van der Waals surface area (Å²) < 4.78 is 30.8. The van der Waals surface area contributed by atoms with Crippen molar-refractivity contribution in [2.75, 3.05) is 0 Å². The molecular weight excluding hydrogens is 615 g/mol. The number of aromatic nitrogens is 5. The minimum Gasteiger partial charge on any atom is -0.456 e. The third kappa shape index (κ3) is 6.67. The van der Waals surface area contributed by atoms with Crippen LogP contribution in [0.5, 0.6) is 11.5 Å².